The zero-order chi connectivity index (χ0) is 8.81. The van der Waals surface area contributed by atoms with Crippen LogP contribution in [0.5, 0.6) is 0 Å². The van der Waals surface area contributed by atoms with E-state index >= 15 is 0 Å². The van der Waals surface area contributed by atoms with Gasteiger partial charge in [0.2, 0.25) is 0 Å². The summed E-state index contributed by atoms with van der Waals surface area (Å²) < 4.78 is 0. The van der Waals surface area contributed by atoms with Gasteiger partial charge >= 0.3 is 5.09 Å². The van der Waals surface area contributed by atoms with Crippen molar-refractivity contribution in [1.82, 2.24) is 0 Å². The lowest BCUT2D eigenvalue weighted by Gasteiger charge is -1.92. The predicted molar refractivity (Wildman–Crippen MR) is 45.5 cm³/mol. The standard InChI is InChI=1S/C8H10NO3.H2O/c1-11-9(10)12-7-8-5-3-2-4-6-8;/h2-6H,7H2,1H3;1H2/q+1;. The fraction of sp³-hybridized carbons (Fsp3) is 0.250. The minimum atomic E-state index is 0. The Kier molecular flexibility index (Phi) is 5.22. The molecule has 0 saturated heterocycles. The van der Waals surface area contributed by atoms with Crippen molar-refractivity contribution in [3.05, 3.63) is 40.8 Å². The molecule has 0 aliphatic carbocycles. The number of benzene rings is 1. The van der Waals surface area contributed by atoms with E-state index in [2.05, 4.69) is 9.68 Å². The molecule has 1 aromatic carbocycles. The minimum Gasteiger partial charge on any atom is -0.412 e. The quantitative estimate of drug-likeness (QED) is 0.647. The lowest BCUT2D eigenvalue weighted by molar-refractivity contribution is -0.980. The van der Waals surface area contributed by atoms with Gasteiger partial charge in [0.1, 0.15) is 4.91 Å². The summed E-state index contributed by atoms with van der Waals surface area (Å²) in [5.74, 6) is 0. The first kappa shape index (κ1) is 11.4. The van der Waals surface area contributed by atoms with Crippen molar-refractivity contribution in [3.63, 3.8) is 0 Å². The van der Waals surface area contributed by atoms with Crippen molar-refractivity contribution < 1.29 is 20.2 Å². The molecule has 72 valence electrons. The van der Waals surface area contributed by atoms with Crippen molar-refractivity contribution in [1.29, 1.82) is 0 Å². The zero-order valence-corrected chi connectivity index (χ0v) is 7.27. The van der Waals surface area contributed by atoms with E-state index in [4.69, 9.17) is 0 Å². The second-order valence-corrected chi connectivity index (χ2v) is 2.17. The van der Waals surface area contributed by atoms with E-state index in [9.17, 15) is 4.91 Å². The van der Waals surface area contributed by atoms with Crippen LogP contribution in [0.1, 0.15) is 5.56 Å². The Morgan fingerprint density at radius 1 is 1.31 bits per heavy atom. The highest BCUT2D eigenvalue weighted by Crippen LogP contribution is 1.99. The molecule has 0 amide bonds. The highest BCUT2D eigenvalue weighted by molar-refractivity contribution is 5.13. The first-order valence-electron chi connectivity index (χ1n) is 3.51. The smallest absolute Gasteiger partial charge is 0.412 e. The van der Waals surface area contributed by atoms with Gasteiger partial charge in [-0.25, -0.2) is 0 Å². The third-order valence-electron chi connectivity index (χ3n) is 1.33. The summed E-state index contributed by atoms with van der Waals surface area (Å²) in [7, 11) is 1.25. The first-order valence-corrected chi connectivity index (χ1v) is 3.51. The van der Waals surface area contributed by atoms with Crippen LogP contribution in [-0.4, -0.2) is 17.7 Å². The zero-order valence-electron chi connectivity index (χ0n) is 7.27. The van der Waals surface area contributed by atoms with E-state index < -0.39 is 0 Å². The van der Waals surface area contributed by atoms with Crippen LogP contribution < -0.4 is 0 Å². The number of hydrogen-bond donors (Lipinski definition) is 0. The molecule has 0 bridgehead atoms. The molecular weight excluding hydrogens is 174 g/mol. The Morgan fingerprint density at radius 2 is 1.92 bits per heavy atom. The molecule has 5 nitrogen and oxygen atoms in total. The van der Waals surface area contributed by atoms with E-state index in [1.54, 1.807) is 0 Å². The van der Waals surface area contributed by atoms with Crippen molar-refractivity contribution in [3.8, 4) is 0 Å². The van der Waals surface area contributed by atoms with Crippen molar-refractivity contribution in [2.45, 2.75) is 6.61 Å². The van der Waals surface area contributed by atoms with Crippen LogP contribution in [0.25, 0.3) is 0 Å². The predicted octanol–water partition coefficient (Wildman–Crippen LogP) is 0.634. The van der Waals surface area contributed by atoms with Gasteiger partial charge in [0.05, 0.1) is 0 Å². The monoisotopic (exact) mass is 186 g/mol. The van der Waals surface area contributed by atoms with E-state index in [-0.39, 0.29) is 17.2 Å². The molecule has 1 aromatic rings. The van der Waals surface area contributed by atoms with Crippen LogP contribution in [0, 0.1) is 4.91 Å². The minimum absolute atomic E-state index is 0. The highest BCUT2D eigenvalue weighted by atomic mass is 17.0. The molecule has 5 heteroatoms. The second-order valence-electron chi connectivity index (χ2n) is 2.17. The molecule has 0 fully saturated rings. The molecule has 0 spiro atoms. The fourth-order valence-corrected chi connectivity index (χ4v) is 0.754. The summed E-state index contributed by atoms with van der Waals surface area (Å²) in [6.45, 7) is 0.220. The Balaban J connectivity index is 0.00000144. The Labute approximate surface area is 75.7 Å². The fourth-order valence-electron chi connectivity index (χ4n) is 0.754. The summed E-state index contributed by atoms with van der Waals surface area (Å²) >= 11 is 0. The van der Waals surface area contributed by atoms with Gasteiger partial charge in [0.15, 0.2) is 13.7 Å². The molecule has 13 heavy (non-hydrogen) atoms. The van der Waals surface area contributed by atoms with Crippen molar-refractivity contribution in [2.24, 2.45) is 0 Å². The van der Waals surface area contributed by atoms with Gasteiger partial charge in [-0.1, -0.05) is 30.3 Å². The first-order chi connectivity index (χ1) is 5.83. The van der Waals surface area contributed by atoms with E-state index in [0.717, 1.165) is 5.56 Å². The van der Waals surface area contributed by atoms with Crippen LogP contribution in [0.3, 0.4) is 0 Å². The Hall–Kier alpha value is -1.62. The maximum atomic E-state index is 10.5. The largest absolute Gasteiger partial charge is 0.477 e. The lowest BCUT2D eigenvalue weighted by Crippen LogP contribution is -2.06. The van der Waals surface area contributed by atoms with Gasteiger partial charge in [-0.05, 0) is 5.56 Å². The van der Waals surface area contributed by atoms with E-state index in [0.29, 0.717) is 0 Å². The summed E-state index contributed by atoms with van der Waals surface area (Å²) in [5, 5.41) is 0.0764. The lowest BCUT2D eigenvalue weighted by atomic mass is 10.2. The van der Waals surface area contributed by atoms with Gasteiger partial charge in [0.25, 0.3) is 0 Å². The Bertz CT molecular complexity index is 250. The summed E-state index contributed by atoms with van der Waals surface area (Å²) in [5.41, 5.74) is 0.926. The van der Waals surface area contributed by atoms with E-state index in [1.165, 1.54) is 7.11 Å². The van der Waals surface area contributed by atoms with Crippen LogP contribution in [-0.2, 0) is 16.3 Å². The molecule has 0 aliphatic heterocycles. The second kappa shape index (κ2) is 5.96. The summed E-state index contributed by atoms with van der Waals surface area (Å²) in [6, 6.07) is 9.38. The summed E-state index contributed by atoms with van der Waals surface area (Å²) in [4.78, 5) is 19.3. The van der Waals surface area contributed by atoms with Crippen LogP contribution in [0.4, 0.5) is 0 Å². The number of rotatable bonds is 4. The molecule has 0 radical (unpaired) electrons. The SMILES string of the molecule is CO[N+](=O)OCc1ccccc1.O. The molecule has 0 saturated carbocycles. The molecule has 0 heterocycles. The third kappa shape index (κ3) is 4.07. The molecule has 0 aromatic heterocycles. The Morgan fingerprint density at radius 3 is 2.46 bits per heavy atom. The van der Waals surface area contributed by atoms with E-state index in [1.807, 2.05) is 30.3 Å². The molecule has 0 atom stereocenters. The molecule has 0 unspecified atom stereocenters. The van der Waals surface area contributed by atoms with Crippen molar-refractivity contribution >= 4 is 0 Å². The normalized spacial score (nSPS) is 8.38. The van der Waals surface area contributed by atoms with Gasteiger partial charge < -0.3 is 5.48 Å². The molecular formula is C8H12NO4+. The molecule has 1 rings (SSSR count). The topological polar surface area (TPSA) is 70.0 Å². The summed E-state index contributed by atoms with van der Waals surface area (Å²) in [6.07, 6.45) is 0. The molecule has 0 aliphatic rings. The van der Waals surface area contributed by atoms with Crippen LogP contribution in [0.15, 0.2) is 30.3 Å². The average Bonchev–Trinajstić information content (AvgIpc) is 2.16. The maximum Gasteiger partial charge on any atom is 0.477 e. The molecule has 2 N–H and O–H groups in total. The number of hydrogen-bond acceptors (Lipinski definition) is 3. The van der Waals surface area contributed by atoms with Crippen molar-refractivity contribution in [2.75, 3.05) is 7.11 Å². The van der Waals surface area contributed by atoms with Gasteiger partial charge in [-0.15, -0.1) is 0 Å². The van der Waals surface area contributed by atoms with Crippen LogP contribution in [0.2, 0.25) is 0 Å². The number of nitrogens with zero attached hydrogens (tertiary/aromatic N) is 1. The highest BCUT2D eigenvalue weighted by Gasteiger charge is 2.07. The maximum absolute atomic E-state index is 10.5. The van der Waals surface area contributed by atoms with Crippen LogP contribution >= 0.6 is 0 Å². The average molecular weight is 186 g/mol. The third-order valence-corrected chi connectivity index (χ3v) is 1.33. The van der Waals surface area contributed by atoms with Gasteiger partial charge in [-0.3, -0.25) is 0 Å². The van der Waals surface area contributed by atoms with Gasteiger partial charge in [-0.2, -0.15) is 9.68 Å². The van der Waals surface area contributed by atoms with Gasteiger partial charge in [0, 0.05) is 0 Å².